The Morgan fingerprint density at radius 3 is 2.67 bits per heavy atom. The molecule has 0 bridgehead atoms. The lowest BCUT2D eigenvalue weighted by Crippen LogP contribution is -3.14. The first-order chi connectivity index (χ1) is 15.8. The van der Waals surface area contributed by atoms with Crippen LogP contribution in [0.5, 0.6) is 0 Å². The van der Waals surface area contributed by atoms with Crippen LogP contribution in [0.25, 0.3) is 6.08 Å². The van der Waals surface area contributed by atoms with Gasteiger partial charge in [0.25, 0.3) is 11.5 Å². The Labute approximate surface area is 202 Å². The van der Waals surface area contributed by atoms with Crippen LogP contribution in [0.15, 0.2) is 32.5 Å². The molecule has 0 saturated carbocycles. The Hall–Kier alpha value is -2.87. The molecule has 2 aliphatic heterocycles. The van der Waals surface area contributed by atoms with Crippen LogP contribution >= 0.6 is 24.0 Å². The van der Waals surface area contributed by atoms with Gasteiger partial charge in [-0.2, -0.15) is 5.26 Å². The molecular weight excluding hydrogens is 458 g/mol. The number of nitrogens with zero attached hydrogens (tertiary/aromatic N) is 4. The van der Waals surface area contributed by atoms with Gasteiger partial charge in [-0.15, -0.1) is 0 Å². The van der Waals surface area contributed by atoms with Crippen molar-refractivity contribution in [3.8, 4) is 6.07 Å². The minimum absolute atomic E-state index is 0.0939. The highest BCUT2D eigenvalue weighted by molar-refractivity contribution is 8.26. The number of carbonyl (C=O) groups excluding carboxylic acids is 1. The monoisotopic (exact) mass is 484 g/mol. The van der Waals surface area contributed by atoms with E-state index in [1.54, 1.807) is 38.4 Å². The molecule has 2 aliphatic rings. The van der Waals surface area contributed by atoms with E-state index in [0.717, 1.165) is 38.5 Å². The number of carbonyl (C=O) groups is 1. The first-order valence-electron chi connectivity index (χ1n) is 10.9. The van der Waals surface area contributed by atoms with Crippen molar-refractivity contribution < 1.29 is 14.1 Å². The van der Waals surface area contributed by atoms with Gasteiger partial charge in [0.2, 0.25) is 0 Å². The zero-order valence-corrected chi connectivity index (χ0v) is 20.5. The first kappa shape index (κ1) is 23.3. The van der Waals surface area contributed by atoms with E-state index in [9.17, 15) is 14.9 Å². The number of pyridine rings is 1. The lowest BCUT2D eigenvalue weighted by molar-refractivity contribution is -0.898. The van der Waals surface area contributed by atoms with E-state index in [1.165, 1.54) is 26.1 Å². The van der Waals surface area contributed by atoms with Gasteiger partial charge in [-0.25, -0.2) is 0 Å². The number of rotatable bonds is 5. The third-order valence-corrected chi connectivity index (χ3v) is 7.66. The van der Waals surface area contributed by atoms with E-state index >= 15 is 0 Å². The van der Waals surface area contributed by atoms with Crippen molar-refractivity contribution in [2.24, 2.45) is 7.05 Å². The second kappa shape index (κ2) is 9.55. The number of hydrogen-bond acceptors (Lipinski definition) is 7. The van der Waals surface area contributed by atoms with Crippen molar-refractivity contribution in [2.45, 2.75) is 20.4 Å². The van der Waals surface area contributed by atoms with E-state index < -0.39 is 0 Å². The summed E-state index contributed by atoms with van der Waals surface area (Å²) < 4.78 is 7.37. The summed E-state index contributed by atoms with van der Waals surface area (Å²) in [5.41, 5.74) is 1.07. The zero-order chi connectivity index (χ0) is 23.7. The largest absolute Gasteiger partial charge is 0.467 e. The number of anilines is 1. The van der Waals surface area contributed by atoms with Crippen LogP contribution in [-0.2, 0) is 18.4 Å². The lowest BCUT2D eigenvalue weighted by Gasteiger charge is -2.35. The van der Waals surface area contributed by atoms with Gasteiger partial charge in [0.05, 0.1) is 50.4 Å². The summed E-state index contributed by atoms with van der Waals surface area (Å²) >= 11 is 6.69. The van der Waals surface area contributed by atoms with Crippen molar-refractivity contribution in [3.63, 3.8) is 0 Å². The number of quaternary nitrogens is 1. The molecular formula is C23H26N5O3S2+. The van der Waals surface area contributed by atoms with E-state index in [1.807, 2.05) is 6.07 Å². The number of nitriles is 1. The zero-order valence-electron chi connectivity index (χ0n) is 18.9. The standard InChI is InChI=1S/C23H25N5O3S2/c1-4-26-7-9-27(10-8-26)20-17(15(2)18(13-24)21(29)25(20)3)12-19-22(30)28(23(32)33-19)14-16-6-5-11-31-16/h5-6,11-12H,4,7-10,14H2,1-3H3/p+1/b19-12-. The molecule has 0 aromatic carbocycles. The van der Waals surface area contributed by atoms with Gasteiger partial charge in [0, 0.05) is 12.6 Å². The van der Waals surface area contributed by atoms with Crippen molar-refractivity contribution in [2.75, 3.05) is 37.6 Å². The van der Waals surface area contributed by atoms with Crippen molar-refractivity contribution in [1.82, 2.24) is 9.47 Å². The van der Waals surface area contributed by atoms with Crippen LogP contribution in [0, 0.1) is 18.3 Å². The number of aromatic nitrogens is 1. The SMILES string of the molecule is CC[NH+]1CCN(c2c(/C=C3\SC(=S)N(Cc4ccco4)C3=O)c(C)c(C#N)c(=O)n2C)CC1. The Kier molecular flexibility index (Phi) is 6.74. The summed E-state index contributed by atoms with van der Waals surface area (Å²) in [5.74, 6) is 1.18. The van der Waals surface area contributed by atoms with E-state index in [0.29, 0.717) is 26.1 Å². The van der Waals surface area contributed by atoms with Crippen LogP contribution in [0.4, 0.5) is 5.82 Å². The molecule has 1 N–H and O–H groups in total. The Balaban J connectivity index is 1.77. The maximum atomic E-state index is 13.2. The van der Waals surface area contributed by atoms with Crippen molar-refractivity contribution in [3.05, 3.63) is 56.1 Å². The van der Waals surface area contributed by atoms with Crippen LogP contribution < -0.4 is 15.4 Å². The van der Waals surface area contributed by atoms with Crippen molar-refractivity contribution >= 4 is 46.1 Å². The molecule has 33 heavy (non-hydrogen) atoms. The molecule has 2 aromatic heterocycles. The third-order valence-electron chi connectivity index (χ3n) is 6.28. The highest BCUT2D eigenvalue weighted by atomic mass is 32.2. The summed E-state index contributed by atoms with van der Waals surface area (Å²) in [7, 11) is 1.69. The average Bonchev–Trinajstić information content (AvgIpc) is 3.42. The molecule has 0 radical (unpaired) electrons. The molecule has 172 valence electrons. The summed E-state index contributed by atoms with van der Waals surface area (Å²) in [6.45, 7) is 8.78. The molecule has 4 heterocycles. The van der Waals surface area contributed by atoms with Crippen LogP contribution in [-0.4, -0.2) is 52.4 Å². The van der Waals surface area contributed by atoms with E-state index in [-0.39, 0.29) is 23.6 Å². The Morgan fingerprint density at radius 2 is 2.06 bits per heavy atom. The maximum absolute atomic E-state index is 13.2. The van der Waals surface area contributed by atoms with Gasteiger partial charge in [-0.05, 0) is 37.6 Å². The van der Waals surface area contributed by atoms with Gasteiger partial charge in [0.1, 0.15) is 27.5 Å². The predicted molar refractivity (Wildman–Crippen MR) is 132 cm³/mol. The molecule has 2 fully saturated rings. The summed E-state index contributed by atoms with van der Waals surface area (Å²) in [4.78, 5) is 31.8. The number of nitrogens with one attached hydrogen (secondary N) is 1. The number of likely N-dealkylation sites (N-methyl/N-ethyl adjacent to an activating group) is 1. The highest BCUT2D eigenvalue weighted by Gasteiger charge is 2.34. The molecule has 0 unspecified atom stereocenters. The highest BCUT2D eigenvalue weighted by Crippen LogP contribution is 2.36. The van der Waals surface area contributed by atoms with E-state index in [4.69, 9.17) is 16.6 Å². The molecule has 10 heteroatoms. The van der Waals surface area contributed by atoms with E-state index in [2.05, 4.69) is 11.8 Å². The second-order valence-electron chi connectivity index (χ2n) is 8.15. The molecule has 0 spiro atoms. The molecule has 2 saturated heterocycles. The number of hydrogen-bond donors (Lipinski definition) is 1. The molecule has 8 nitrogen and oxygen atoms in total. The fourth-order valence-electron chi connectivity index (χ4n) is 4.31. The van der Waals surface area contributed by atoms with Gasteiger partial charge in [-0.3, -0.25) is 19.1 Å². The minimum atomic E-state index is -0.321. The summed E-state index contributed by atoms with van der Waals surface area (Å²) in [6.07, 6.45) is 3.35. The number of furan rings is 1. The average molecular weight is 485 g/mol. The first-order valence-corrected chi connectivity index (χ1v) is 12.1. The molecule has 0 atom stereocenters. The summed E-state index contributed by atoms with van der Waals surface area (Å²) in [6, 6.07) is 5.62. The van der Waals surface area contributed by atoms with Gasteiger partial charge >= 0.3 is 0 Å². The van der Waals surface area contributed by atoms with Crippen LogP contribution in [0.2, 0.25) is 0 Å². The number of piperazine rings is 1. The molecule has 0 aliphatic carbocycles. The van der Waals surface area contributed by atoms with Crippen LogP contribution in [0.3, 0.4) is 0 Å². The number of thioether (sulfide) groups is 1. The number of amides is 1. The lowest BCUT2D eigenvalue weighted by atomic mass is 10.0. The van der Waals surface area contributed by atoms with Crippen LogP contribution in [0.1, 0.15) is 29.4 Å². The smallest absolute Gasteiger partial charge is 0.270 e. The fraction of sp³-hybridized carbons (Fsp3) is 0.391. The molecule has 4 rings (SSSR count). The quantitative estimate of drug-likeness (QED) is 0.505. The topological polar surface area (TPSA) is 86.9 Å². The predicted octanol–water partition coefficient (Wildman–Crippen LogP) is 1.28. The second-order valence-corrected chi connectivity index (χ2v) is 9.83. The summed E-state index contributed by atoms with van der Waals surface area (Å²) in [5, 5.41) is 9.64. The third kappa shape index (κ3) is 4.36. The van der Waals surface area contributed by atoms with Crippen molar-refractivity contribution in [1.29, 1.82) is 5.26 Å². The van der Waals surface area contributed by atoms with Gasteiger partial charge < -0.3 is 14.2 Å². The minimum Gasteiger partial charge on any atom is -0.467 e. The molecule has 2 aromatic rings. The Bertz CT molecular complexity index is 1220. The fourth-order valence-corrected chi connectivity index (χ4v) is 5.55. The molecule has 1 amide bonds. The number of thiocarbonyl (C=S) groups is 1. The Morgan fingerprint density at radius 1 is 1.33 bits per heavy atom. The van der Waals surface area contributed by atoms with Gasteiger partial charge in [-0.1, -0.05) is 24.0 Å². The van der Waals surface area contributed by atoms with Gasteiger partial charge in [0.15, 0.2) is 0 Å². The maximum Gasteiger partial charge on any atom is 0.270 e. The normalized spacial score (nSPS) is 18.4.